The lowest BCUT2D eigenvalue weighted by Crippen LogP contribution is -2.30. The summed E-state index contributed by atoms with van der Waals surface area (Å²) in [7, 11) is 1.77. The predicted octanol–water partition coefficient (Wildman–Crippen LogP) is 3.01. The van der Waals surface area contributed by atoms with Crippen molar-refractivity contribution in [1.82, 2.24) is 34.8 Å². The van der Waals surface area contributed by atoms with Crippen LogP contribution in [0, 0.1) is 5.82 Å². The first kappa shape index (κ1) is 19.4. The predicted molar refractivity (Wildman–Crippen MR) is 109 cm³/mol. The molecule has 0 aliphatic heterocycles. The number of aromatic nitrogens is 6. The zero-order valence-electron chi connectivity index (χ0n) is 16.7. The Morgan fingerprint density at radius 2 is 1.87 bits per heavy atom. The monoisotopic (exact) mass is 405 g/mol. The molecular weight excluding hydrogens is 385 g/mol. The molecule has 3 aromatic heterocycles. The van der Waals surface area contributed by atoms with Gasteiger partial charge in [0.05, 0.1) is 5.56 Å². The van der Waals surface area contributed by atoms with Crippen molar-refractivity contribution in [3.63, 3.8) is 0 Å². The maximum Gasteiger partial charge on any atom is 0.253 e. The minimum atomic E-state index is -0.315. The fourth-order valence-electron chi connectivity index (χ4n) is 3.04. The highest BCUT2D eigenvalue weighted by atomic mass is 19.1. The number of nitrogens with one attached hydrogen (secondary N) is 1. The molecule has 30 heavy (non-hydrogen) atoms. The van der Waals surface area contributed by atoms with Crippen molar-refractivity contribution >= 4 is 5.91 Å². The molecule has 0 radical (unpaired) electrons. The van der Waals surface area contributed by atoms with Crippen LogP contribution < -0.4 is 5.32 Å². The standard InChI is InChI=1S/C21H20FN7O/c1-13(2)25-21(30)15-6-9-18(23-10-15)29-11-17(24-12-29)20-19(26-27-28(20)3)14-4-7-16(22)8-5-14/h4-13H,1-3H3,(H,25,30). The van der Waals surface area contributed by atoms with Crippen LogP contribution in [0.4, 0.5) is 4.39 Å². The third kappa shape index (κ3) is 3.82. The third-order valence-corrected chi connectivity index (χ3v) is 4.46. The number of carbonyl (C=O) groups is 1. The minimum Gasteiger partial charge on any atom is -0.350 e. The number of amides is 1. The van der Waals surface area contributed by atoms with Crippen LogP contribution in [0.15, 0.2) is 55.1 Å². The van der Waals surface area contributed by atoms with E-state index in [4.69, 9.17) is 0 Å². The van der Waals surface area contributed by atoms with E-state index in [1.54, 1.807) is 46.9 Å². The Morgan fingerprint density at radius 1 is 1.10 bits per heavy atom. The Kier molecular flexibility index (Phi) is 5.09. The lowest BCUT2D eigenvalue weighted by atomic mass is 10.1. The summed E-state index contributed by atoms with van der Waals surface area (Å²) >= 11 is 0. The number of carbonyl (C=O) groups excluding carboxylic acids is 1. The van der Waals surface area contributed by atoms with E-state index in [0.717, 1.165) is 5.56 Å². The Labute approximate surface area is 172 Å². The van der Waals surface area contributed by atoms with Gasteiger partial charge in [-0.3, -0.25) is 9.36 Å². The van der Waals surface area contributed by atoms with E-state index in [1.807, 2.05) is 20.0 Å². The zero-order chi connectivity index (χ0) is 21.3. The third-order valence-electron chi connectivity index (χ3n) is 4.46. The maximum absolute atomic E-state index is 13.3. The van der Waals surface area contributed by atoms with E-state index in [-0.39, 0.29) is 17.8 Å². The summed E-state index contributed by atoms with van der Waals surface area (Å²) in [5.41, 5.74) is 3.19. The fraction of sp³-hybridized carbons (Fsp3) is 0.190. The average Bonchev–Trinajstić information content (AvgIpc) is 3.35. The number of aryl methyl sites for hydroxylation is 1. The molecule has 8 nitrogen and oxygen atoms in total. The van der Waals surface area contributed by atoms with Crippen LogP contribution in [0.1, 0.15) is 24.2 Å². The number of hydrogen-bond donors (Lipinski definition) is 1. The van der Waals surface area contributed by atoms with E-state index in [2.05, 4.69) is 25.6 Å². The second-order valence-corrected chi connectivity index (χ2v) is 7.12. The lowest BCUT2D eigenvalue weighted by Gasteiger charge is -2.08. The first-order chi connectivity index (χ1) is 14.4. The molecule has 0 aliphatic carbocycles. The molecule has 152 valence electrons. The first-order valence-corrected chi connectivity index (χ1v) is 9.39. The smallest absolute Gasteiger partial charge is 0.253 e. The van der Waals surface area contributed by atoms with Gasteiger partial charge in [-0.1, -0.05) is 5.21 Å². The Bertz CT molecular complexity index is 1180. The Morgan fingerprint density at radius 3 is 2.53 bits per heavy atom. The fourth-order valence-corrected chi connectivity index (χ4v) is 3.04. The SMILES string of the molecule is CC(C)NC(=O)c1ccc(-n2cnc(-c3c(-c4ccc(F)cc4)nnn3C)c2)nc1. The van der Waals surface area contributed by atoms with Gasteiger partial charge in [-0.15, -0.1) is 5.10 Å². The Balaban J connectivity index is 1.63. The largest absolute Gasteiger partial charge is 0.350 e. The van der Waals surface area contributed by atoms with Crippen LogP contribution in [0.5, 0.6) is 0 Å². The van der Waals surface area contributed by atoms with E-state index >= 15 is 0 Å². The molecule has 4 aromatic rings. The number of imidazole rings is 1. The second kappa shape index (κ2) is 7.86. The highest BCUT2D eigenvalue weighted by Gasteiger charge is 2.18. The van der Waals surface area contributed by atoms with Crippen molar-refractivity contribution in [1.29, 1.82) is 0 Å². The molecule has 1 N–H and O–H groups in total. The molecule has 9 heteroatoms. The highest BCUT2D eigenvalue weighted by molar-refractivity contribution is 5.94. The summed E-state index contributed by atoms with van der Waals surface area (Å²) in [5.74, 6) is 0.138. The molecule has 3 heterocycles. The molecule has 0 saturated carbocycles. The van der Waals surface area contributed by atoms with Gasteiger partial charge in [0.2, 0.25) is 0 Å². The van der Waals surface area contributed by atoms with Crippen molar-refractivity contribution < 1.29 is 9.18 Å². The van der Waals surface area contributed by atoms with Gasteiger partial charge in [0.25, 0.3) is 5.91 Å². The molecule has 1 amide bonds. The quantitative estimate of drug-likeness (QED) is 0.551. The molecule has 0 unspecified atom stereocenters. The summed E-state index contributed by atoms with van der Waals surface area (Å²) in [4.78, 5) is 20.9. The van der Waals surface area contributed by atoms with Crippen molar-refractivity contribution in [2.24, 2.45) is 7.05 Å². The van der Waals surface area contributed by atoms with Crippen molar-refractivity contribution in [2.75, 3.05) is 0 Å². The number of halogens is 1. The van der Waals surface area contributed by atoms with E-state index < -0.39 is 0 Å². The summed E-state index contributed by atoms with van der Waals surface area (Å²) in [6.45, 7) is 3.81. The summed E-state index contributed by atoms with van der Waals surface area (Å²) < 4.78 is 16.6. The molecule has 0 spiro atoms. The van der Waals surface area contributed by atoms with E-state index in [1.165, 1.54) is 18.3 Å². The molecule has 0 saturated heterocycles. The van der Waals surface area contributed by atoms with Gasteiger partial charge in [-0.05, 0) is 50.2 Å². The van der Waals surface area contributed by atoms with E-state index in [0.29, 0.717) is 28.5 Å². The van der Waals surface area contributed by atoms with E-state index in [9.17, 15) is 9.18 Å². The van der Waals surface area contributed by atoms with Crippen molar-refractivity contribution in [2.45, 2.75) is 19.9 Å². The van der Waals surface area contributed by atoms with Gasteiger partial charge in [0.1, 0.15) is 35.0 Å². The Hall–Kier alpha value is -3.88. The van der Waals surface area contributed by atoms with Gasteiger partial charge in [0.15, 0.2) is 0 Å². The molecule has 1 aromatic carbocycles. The summed E-state index contributed by atoms with van der Waals surface area (Å²) in [5, 5.41) is 11.1. The van der Waals surface area contributed by atoms with Crippen LogP contribution in [-0.2, 0) is 7.05 Å². The van der Waals surface area contributed by atoms with Gasteiger partial charge >= 0.3 is 0 Å². The van der Waals surface area contributed by atoms with Gasteiger partial charge < -0.3 is 5.32 Å². The molecule has 0 bridgehead atoms. The van der Waals surface area contributed by atoms with Crippen LogP contribution in [0.2, 0.25) is 0 Å². The number of benzene rings is 1. The molecular formula is C21H20FN7O. The average molecular weight is 405 g/mol. The molecule has 0 fully saturated rings. The van der Waals surface area contributed by atoms with Crippen LogP contribution in [0.3, 0.4) is 0 Å². The van der Waals surface area contributed by atoms with Gasteiger partial charge in [-0.2, -0.15) is 0 Å². The number of rotatable bonds is 5. The lowest BCUT2D eigenvalue weighted by molar-refractivity contribution is 0.0943. The minimum absolute atomic E-state index is 0.0520. The molecule has 4 rings (SSSR count). The van der Waals surface area contributed by atoms with Crippen LogP contribution in [-0.4, -0.2) is 41.5 Å². The normalized spacial score (nSPS) is 11.1. The second-order valence-electron chi connectivity index (χ2n) is 7.12. The molecule has 0 aliphatic rings. The van der Waals surface area contributed by atoms with Crippen LogP contribution >= 0.6 is 0 Å². The number of pyridine rings is 1. The van der Waals surface area contributed by atoms with Gasteiger partial charge in [0, 0.05) is 31.0 Å². The zero-order valence-corrected chi connectivity index (χ0v) is 16.7. The first-order valence-electron chi connectivity index (χ1n) is 9.39. The number of hydrogen-bond acceptors (Lipinski definition) is 5. The van der Waals surface area contributed by atoms with Gasteiger partial charge in [-0.25, -0.2) is 19.0 Å². The maximum atomic E-state index is 13.3. The summed E-state index contributed by atoms with van der Waals surface area (Å²) in [6.07, 6.45) is 4.97. The highest BCUT2D eigenvalue weighted by Crippen LogP contribution is 2.29. The van der Waals surface area contributed by atoms with Crippen LogP contribution in [0.25, 0.3) is 28.5 Å². The topological polar surface area (TPSA) is 90.5 Å². The number of nitrogens with zero attached hydrogens (tertiary/aromatic N) is 6. The summed E-state index contributed by atoms with van der Waals surface area (Å²) in [6, 6.07) is 9.60. The van der Waals surface area contributed by atoms with Crippen molar-refractivity contribution in [3.8, 4) is 28.5 Å². The van der Waals surface area contributed by atoms with Crippen molar-refractivity contribution in [3.05, 3.63) is 66.5 Å². The molecule has 0 atom stereocenters.